The standard InChI is InChI=1S/C21H28N4S/c1-5-15(11-22)10-14(2)19-16-8-6-7-9-18(16)25-12-17(19)21(3)13-26(21,4)20(23)24/h6-9,12,14-15H,5,10,13H2,1-4H3,(H3,23,24). The smallest absolute Gasteiger partial charge is 0.134 e. The largest absolute Gasteiger partial charge is 0.380 e. The molecular formula is C21H28N4S. The average Bonchev–Trinajstić information content (AvgIpc) is 3.22. The van der Waals surface area contributed by atoms with Gasteiger partial charge in [0.15, 0.2) is 0 Å². The molecule has 1 aliphatic rings. The first kappa shape index (κ1) is 18.7. The zero-order valence-electron chi connectivity index (χ0n) is 16.0. The Morgan fingerprint density at radius 3 is 2.73 bits per heavy atom. The van der Waals surface area contributed by atoms with E-state index in [1.807, 2.05) is 18.3 Å². The van der Waals surface area contributed by atoms with E-state index in [0.29, 0.717) is 5.17 Å². The maximum Gasteiger partial charge on any atom is 0.134 e. The highest BCUT2D eigenvalue weighted by Gasteiger charge is 2.61. The zero-order valence-corrected chi connectivity index (χ0v) is 16.9. The molecule has 0 spiro atoms. The summed E-state index contributed by atoms with van der Waals surface area (Å²) in [5, 5.41) is 19.0. The number of para-hydroxylation sites is 1. The second-order valence-electron chi connectivity index (χ2n) is 7.80. The average molecular weight is 369 g/mol. The normalized spacial score (nSPS) is 29.3. The summed E-state index contributed by atoms with van der Waals surface area (Å²) in [5.41, 5.74) is 9.48. The fourth-order valence-corrected chi connectivity index (χ4v) is 7.15. The van der Waals surface area contributed by atoms with Gasteiger partial charge in [-0.2, -0.15) is 15.3 Å². The third-order valence-corrected chi connectivity index (χ3v) is 10.3. The lowest BCUT2D eigenvalue weighted by Gasteiger charge is -2.27. The SMILES string of the molecule is CCC(C#N)CC(C)c1c(C2(C)CS2(C)C(=N)N)cnc2ccccc12. The minimum absolute atomic E-state index is 0.0586. The Hall–Kier alpha value is -2.06. The second kappa shape index (κ2) is 6.59. The van der Waals surface area contributed by atoms with Crippen molar-refractivity contribution in [1.82, 2.24) is 4.98 Å². The van der Waals surface area contributed by atoms with Crippen LogP contribution < -0.4 is 5.73 Å². The van der Waals surface area contributed by atoms with Crippen molar-refractivity contribution >= 4 is 26.1 Å². The number of pyridine rings is 1. The number of rotatable bonds is 5. The summed E-state index contributed by atoms with van der Waals surface area (Å²) in [6, 6.07) is 10.7. The van der Waals surface area contributed by atoms with E-state index in [9.17, 15) is 5.26 Å². The monoisotopic (exact) mass is 368 g/mol. The third-order valence-electron chi connectivity index (χ3n) is 6.15. The minimum Gasteiger partial charge on any atom is -0.380 e. The van der Waals surface area contributed by atoms with E-state index in [0.717, 1.165) is 24.1 Å². The summed E-state index contributed by atoms with van der Waals surface area (Å²) in [6.07, 6.45) is 5.87. The maximum atomic E-state index is 9.43. The number of nitrogens with two attached hydrogens (primary N) is 1. The van der Waals surface area contributed by atoms with Crippen LogP contribution in [0.1, 0.15) is 50.7 Å². The summed E-state index contributed by atoms with van der Waals surface area (Å²) < 4.78 is -0.0895. The van der Waals surface area contributed by atoms with Crippen molar-refractivity contribution in [1.29, 1.82) is 10.7 Å². The van der Waals surface area contributed by atoms with E-state index < -0.39 is 10.0 Å². The molecule has 1 fully saturated rings. The van der Waals surface area contributed by atoms with E-state index >= 15 is 0 Å². The summed E-state index contributed by atoms with van der Waals surface area (Å²) in [5.74, 6) is 1.27. The van der Waals surface area contributed by atoms with Gasteiger partial charge in [-0.1, -0.05) is 32.0 Å². The van der Waals surface area contributed by atoms with Gasteiger partial charge < -0.3 is 5.73 Å². The molecule has 1 aromatic heterocycles. The zero-order chi connectivity index (χ0) is 19.1. The van der Waals surface area contributed by atoms with Gasteiger partial charge in [0.25, 0.3) is 0 Å². The van der Waals surface area contributed by atoms with Gasteiger partial charge in [-0.25, -0.2) is 0 Å². The van der Waals surface area contributed by atoms with Gasteiger partial charge in [0.05, 0.1) is 11.6 Å². The fraction of sp³-hybridized carbons (Fsp3) is 0.476. The molecule has 1 saturated heterocycles. The van der Waals surface area contributed by atoms with Crippen molar-refractivity contribution in [3.8, 4) is 6.07 Å². The van der Waals surface area contributed by atoms with E-state index in [1.54, 1.807) is 0 Å². The lowest BCUT2D eigenvalue weighted by Crippen LogP contribution is -2.18. The van der Waals surface area contributed by atoms with Crippen LogP contribution in [-0.4, -0.2) is 22.2 Å². The fourth-order valence-electron chi connectivity index (χ4n) is 4.13. The van der Waals surface area contributed by atoms with Crippen LogP contribution in [0.3, 0.4) is 0 Å². The molecule has 5 heteroatoms. The van der Waals surface area contributed by atoms with Gasteiger partial charge in [0.1, 0.15) is 5.17 Å². The number of hydrogen-bond donors (Lipinski definition) is 2. The highest BCUT2D eigenvalue weighted by Crippen LogP contribution is 2.79. The molecule has 1 aliphatic heterocycles. The molecule has 3 N–H and O–H groups in total. The second-order valence-corrected chi connectivity index (χ2v) is 11.6. The Bertz CT molecular complexity index is 903. The van der Waals surface area contributed by atoms with Gasteiger partial charge in [-0.05, 0) is 49.1 Å². The van der Waals surface area contributed by atoms with Crippen LogP contribution in [-0.2, 0) is 4.75 Å². The molecule has 4 atom stereocenters. The molecule has 0 aliphatic carbocycles. The topological polar surface area (TPSA) is 86.5 Å². The predicted molar refractivity (Wildman–Crippen MR) is 112 cm³/mol. The first-order chi connectivity index (χ1) is 12.3. The van der Waals surface area contributed by atoms with Crippen molar-refractivity contribution in [3.05, 3.63) is 41.6 Å². The van der Waals surface area contributed by atoms with Crippen LogP contribution in [0.25, 0.3) is 10.9 Å². The van der Waals surface area contributed by atoms with Crippen LogP contribution in [0.4, 0.5) is 0 Å². The molecule has 1 aromatic carbocycles. The molecule has 3 rings (SSSR count). The van der Waals surface area contributed by atoms with Crippen LogP contribution in [0.2, 0.25) is 0 Å². The summed E-state index contributed by atoms with van der Waals surface area (Å²) >= 11 is 0. The number of aromatic nitrogens is 1. The number of nitrogens with one attached hydrogen (secondary N) is 1. The minimum atomic E-state index is -1.29. The maximum absolute atomic E-state index is 9.43. The summed E-state index contributed by atoms with van der Waals surface area (Å²) in [6.45, 7) is 6.52. The molecule has 26 heavy (non-hydrogen) atoms. The number of benzene rings is 1. The summed E-state index contributed by atoms with van der Waals surface area (Å²) in [7, 11) is -1.29. The molecular weight excluding hydrogens is 340 g/mol. The van der Waals surface area contributed by atoms with E-state index in [2.05, 4.69) is 45.2 Å². The highest BCUT2D eigenvalue weighted by molar-refractivity contribution is 8.50. The van der Waals surface area contributed by atoms with E-state index in [4.69, 9.17) is 16.1 Å². The Balaban J connectivity index is 2.16. The first-order valence-corrected chi connectivity index (χ1v) is 11.4. The molecule has 4 nitrogen and oxygen atoms in total. The molecule has 0 amide bonds. The van der Waals surface area contributed by atoms with Crippen molar-refractivity contribution in [2.75, 3.05) is 12.0 Å². The van der Waals surface area contributed by atoms with Crippen LogP contribution in [0.5, 0.6) is 0 Å². The van der Waals surface area contributed by atoms with Gasteiger partial charge >= 0.3 is 0 Å². The molecule has 2 aromatic rings. The quantitative estimate of drug-likeness (QED) is 0.450. The first-order valence-electron chi connectivity index (χ1n) is 9.16. The molecule has 0 saturated carbocycles. The molecule has 2 heterocycles. The number of fused-ring (bicyclic) bond motifs is 1. The number of amidine groups is 1. The van der Waals surface area contributed by atoms with Crippen LogP contribution in [0, 0.1) is 22.7 Å². The molecule has 4 unspecified atom stereocenters. The Labute approximate surface area is 157 Å². The Kier molecular flexibility index (Phi) is 4.74. The Morgan fingerprint density at radius 1 is 1.46 bits per heavy atom. The number of nitriles is 1. The van der Waals surface area contributed by atoms with Crippen molar-refractivity contribution in [2.45, 2.75) is 44.3 Å². The predicted octanol–water partition coefficient (Wildman–Crippen LogP) is 4.83. The Morgan fingerprint density at radius 2 is 2.15 bits per heavy atom. The number of nitrogens with zero attached hydrogens (tertiary/aromatic N) is 2. The highest BCUT2D eigenvalue weighted by atomic mass is 32.3. The van der Waals surface area contributed by atoms with Crippen LogP contribution >= 0.6 is 10.0 Å². The van der Waals surface area contributed by atoms with Crippen molar-refractivity contribution < 1.29 is 0 Å². The van der Waals surface area contributed by atoms with E-state index in [-0.39, 0.29) is 16.6 Å². The molecule has 0 bridgehead atoms. The van der Waals surface area contributed by atoms with Crippen LogP contribution in [0.15, 0.2) is 30.5 Å². The van der Waals surface area contributed by atoms with Crippen molar-refractivity contribution in [3.63, 3.8) is 0 Å². The molecule has 0 radical (unpaired) electrons. The van der Waals surface area contributed by atoms with Gasteiger partial charge in [-0.3, -0.25) is 10.4 Å². The number of hydrogen-bond acceptors (Lipinski definition) is 3. The lowest BCUT2D eigenvalue weighted by atomic mass is 9.83. The summed E-state index contributed by atoms with van der Waals surface area (Å²) in [4.78, 5) is 4.71. The van der Waals surface area contributed by atoms with Gasteiger partial charge in [0, 0.05) is 28.0 Å². The molecule has 138 valence electrons. The lowest BCUT2D eigenvalue weighted by molar-refractivity contribution is 0.524. The van der Waals surface area contributed by atoms with Gasteiger partial charge in [0.2, 0.25) is 0 Å². The van der Waals surface area contributed by atoms with Crippen molar-refractivity contribution in [2.24, 2.45) is 11.7 Å². The third kappa shape index (κ3) is 2.77. The van der Waals surface area contributed by atoms with Gasteiger partial charge in [-0.15, -0.1) is 0 Å². The van der Waals surface area contributed by atoms with E-state index in [1.165, 1.54) is 16.5 Å².